The maximum Gasteiger partial charge on any atom is 0.191 e. The van der Waals surface area contributed by atoms with Crippen LogP contribution in [0.4, 0.5) is 0 Å². The number of nitrogens with one attached hydrogen (secondary N) is 2. The molecule has 1 saturated carbocycles. The van der Waals surface area contributed by atoms with Gasteiger partial charge >= 0.3 is 0 Å². The molecule has 0 heterocycles. The van der Waals surface area contributed by atoms with E-state index in [0.29, 0.717) is 25.8 Å². The number of hydrogen-bond donors (Lipinski definition) is 2. The largest absolute Gasteiger partial charge is 0.375 e. The third-order valence-corrected chi connectivity index (χ3v) is 3.39. The molecule has 0 saturated heterocycles. The molecule has 1 aromatic rings. The Morgan fingerprint density at radius 1 is 1.33 bits per heavy atom. The van der Waals surface area contributed by atoms with Gasteiger partial charge in [-0.15, -0.1) is 24.0 Å². The van der Waals surface area contributed by atoms with Crippen LogP contribution < -0.4 is 10.6 Å². The van der Waals surface area contributed by atoms with Gasteiger partial charge in [0.1, 0.15) is 0 Å². The van der Waals surface area contributed by atoms with Crippen molar-refractivity contribution in [1.82, 2.24) is 10.6 Å². The Morgan fingerprint density at radius 2 is 2.05 bits per heavy atom. The number of halogens is 1. The highest BCUT2D eigenvalue weighted by Gasteiger charge is 2.33. The van der Waals surface area contributed by atoms with Crippen molar-refractivity contribution in [1.29, 1.82) is 0 Å². The van der Waals surface area contributed by atoms with Gasteiger partial charge in [0.2, 0.25) is 0 Å². The van der Waals surface area contributed by atoms with Crippen LogP contribution in [0.25, 0.3) is 0 Å². The lowest BCUT2D eigenvalue weighted by Gasteiger charge is -2.10. The van der Waals surface area contributed by atoms with Crippen molar-refractivity contribution in [2.24, 2.45) is 10.9 Å². The first kappa shape index (κ1) is 18.2. The predicted molar refractivity (Wildman–Crippen MR) is 98.2 cm³/mol. The molecule has 0 aromatic heterocycles. The normalized spacial score (nSPS) is 20.6. The van der Waals surface area contributed by atoms with Crippen molar-refractivity contribution < 1.29 is 4.74 Å². The fraction of sp³-hybridized carbons (Fsp3) is 0.562. The van der Waals surface area contributed by atoms with Gasteiger partial charge in [-0.2, -0.15) is 0 Å². The van der Waals surface area contributed by atoms with E-state index in [1.54, 1.807) is 0 Å². The first-order valence-electron chi connectivity index (χ1n) is 7.46. The first-order chi connectivity index (χ1) is 9.79. The molecule has 1 aliphatic carbocycles. The maximum atomic E-state index is 5.63. The van der Waals surface area contributed by atoms with Gasteiger partial charge in [0.15, 0.2) is 5.96 Å². The van der Waals surface area contributed by atoms with E-state index in [2.05, 4.69) is 41.6 Å². The van der Waals surface area contributed by atoms with Gasteiger partial charge in [-0.1, -0.05) is 37.3 Å². The van der Waals surface area contributed by atoms with Crippen LogP contribution >= 0.6 is 24.0 Å². The van der Waals surface area contributed by atoms with E-state index < -0.39 is 0 Å². The minimum atomic E-state index is 0. The minimum Gasteiger partial charge on any atom is -0.375 e. The van der Waals surface area contributed by atoms with E-state index in [1.165, 1.54) is 12.0 Å². The molecule has 118 valence electrons. The second-order valence-corrected chi connectivity index (χ2v) is 5.26. The van der Waals surface area contributed by atoms with Crippen molar-refractivity contribution in [3.8, 4) is 0 Å². The van der Waals surface area contributed by atoms with Gasteiger partial charge in [-0.05, 0) is 24.8 Å². The van der Waals surface area contributed by atoms with Gasteiger partial charge in [-0.3, -0.25) is 4.99 Å². The Balaban J connectivity index is 0.00000220. The second kappa shape index (κ2) is 10.00. The quantitative estimate of drug-likeness (QED) is 0.319. The van der Waals surface area contributed by atoms with Crippen LogP contribution in [0, 0.1) is 5.92 Å². The molecule has 21 heavy (non-hydrogen) atoms. The van der Waals surface area contributed by atoms with Crippen LogP contribution in [0.1, 0.15) is 25.8 Å². The Morgan fingerprint density at radius 3 is 2.67 bits per heavy atom. The van der Waals surface area contributed by atoms with Crippen LogP contribution in [-0.4, -0.2) is 31.7 Å². The fourth-order valence-electron chi connectivity index (χ4n) is 2.01. The Labute approximate surface area is 144 Å². The van der Waals surface area contributed by atoms with Crippen LogP contribution in [0.3, 0.4) is 0 Å². The van der Waals surface area contributed by atoms with Gasteiger partial charge in [0.25, 0.3) is 0 Å². The standard InChI is InChI=1S/C16H25N3O.HI/c1-3-17-16(19-15-11-13(15)2)18-9-10-20-12-14-7-5-4-6-8-14;/h4-8,13,15H,3,9-12H2,1-2H3,(H2,17,18,19);1H. The van der Waals surface area contributed by atoms with Crippen molar-refractivity contribution in [2.75, 3.05) is 19.7 Å². The van der Waals surface area contributed by atoms with E-state index in [4.69, 9.17) is 4.74 Å². The summed E-state index contributed by atoms with van der Waals surface area (Å²) in [6, 6.07) is 10.8. The summed E-state index contributed by atoms with van der Waals surface area (Å²) in [6.07, 6.45) is 1.24. The third kappa shape index (κ3) is 7.13. The Kier molecular flexibility index (Phi) is 8.68. The van der Waals surface area contributed by atoms with Crippen molar-refractivity contribution >= 4 is 29.9 Å². The van der Waals surface area contributed by atoms with Gasteiger partial charge in [0.05, 0.1) is 19.8 Å². The number of rotatable bonds is 7. The number of nitrogens with zero attached hydrogens (tertiary/aromatic N) is 1. The summed E-state index contributed by atoms with van der Waals surface area (Å²) in [5.41, 5.74) is 1.20. The summed E-state index contributed by atoms with van der Waals surface area (Å²) >= 11 is 0. The average Bonchev–Trinajstić information content (AvgIpc) is 3.15. The molecule has 2 atom stereocenters. The highest BCUT2D eigenvalue weighted by molar-refractivity contribution is 14.0. The zero-order valence-electron chi connectivity index (χ0n) is 12.8. The summed E-state index contributed by atoms with van der Waals surface area (Å²) < 4.78 is 5.63. The number of hydrogen-bond acceptors (Lipinski definition) is 2. The predicted octanol–water partition coefficient (Wildman–Crippen LogP) is 2.78. The molecule has 2 unspecified atom stereocenters. The molecule has 0 bridgehead atoms. The molecule has 1 fully saturated rings. The van der Waals surface area contributed by atoms with E-state index in [9.17, 15) is 0 Å². The molecule has 2 N–H and O–H groups in total. The molecule has 1 aromatic carbocycles. The number of ether oxygens (including phenoxy) is 1. The van der Waals surface area contributed by atoms with Crippen molar-refractivity contribution in [3.63, 3.8) is 0 Å². The Hall–Kier alpha value is -0.820. The summed E-state index contributed by atoms with van der Waals surface area (Å²) in [6.45, 7) is 7.20. The number of guanidine groups is 1. The topological polar surface area (TPSA) is 45.7 Å². The smallest absolute Gasteiger partial charge is 0.191 e. The zero-order valence-corrected chi connectivity index (χ0v) is 15.2. The van der Waals surface area contributed by atoms with Crippen LogP contribution in [0.5, 0.6) is 0 Å². The Bertz CT molecular complexity index is 425. The van der Waals surface area contributed by atoms with Crippen LogP contribution in [0.15, 0.2) is 35.3 Å². The second-order valence-electron chi connectivity index (χ2n) is 5.26. The van der Waals surface area contributed by atoms with Gasteiger partial charge in [0, 0.05) is 12.6 Å². The van der Waals surface area contributed by atoms with Gasteiger partial charge in [-0.25, -0.2) is 0 Å². The summed E-state index contributed by atoms with van der Waals surface area (Å²) in [7, 11) is 0. The monoisotopic (exact) mass is 403 g/mol. The third-order valence-electron chi connectivity index (χ3n) is 3.39. The molecule has 0 radical (unpaired) electrons. The van der Waals surface area contributed by atoms with E-state index in [1.807, 2.05) is 18.2 Å². The molecule has 0 aliphatic heterocycles. The summed E-state index contributed by atoms with van der Waals surface area (Å²) in [4.78, 5) is 4.53. The molecule has 0 spiro atoms. The lowest BCUT2D eigenvalue weighted by molar-refractivity contribution is 0.128. The average molecular weight is 403 g/mol. The van der Waals surface area contributed by atoms with Crippen LogP contribution in [-0.2, 0) is 11.3 Å². The molecule has 2 rings (SSSR count). The van der Waals surface area contributed by atoms with E-state index in [0.717, 1.165) is 18.4 Å². The van der Waals surface area contributed by atoms with Crippen molar-refractivity contribution in [3.05, 3.63) is 35.9 Å². The lowest BCUT2D eigenvalue weighted by Crippen LogP contribution is -2.39. The highest BCUT2D eigenvalue weighted by atomic mass is 127. The lowest BCUT2D eigenvalue weighted by atomic mass is 10.2. The number of aliphatic imine (C=N–C) groups is 1. The van der Waals surface area contributed by atoms with E-state index >= 15 is 0 Å². The van der Waals surface area contributed by atoms with E-state index in [-0.39, 0.29) is 24.0 Å². The van der Waals surface area contributed by atoms with Crippen LogP contribution in [0.2, 0.25) is 0 Å². The number of benzene rings is 1. The fourth-order valence-corrected chi connectivity index (χ4v) is 2.01. The maximum absolute atomic E-state index is 5.63. The molecule has 5 heteroatoms. The SMILES string of the molecule is CCNC(=NCCOCc1ccccc1)NC1CC1C.I. The minimum absolute atomic E-state index is 0. The molecule has 0 amide bonds. The summed E-state index contributed by atoms with van der Waals surface area (Å²) in [5, 5.41) is 6.70. The summed E-state index contributed by atoms with van der Waals surface area (Å²) in [5.74, 6) is 1.68. The molecular formula is C16H26IN3O. The first-order valence-corrected chi connectivity index (χ1v) is 7.46. The zero-order chi connectivity index (χ0) is 14.2. The molecule has 4 nitrogen and oxygen atoms in total. The molecular weight excluding hydrogens is 377 g/mol. The van der Waals surface area contributed by atoms with Gasteiger partial charge < -0.3 is 15.4 Å². The van der Waals surface area contributed by atoms with Crippen molar-refractivity contribution in [2.45, 2.75) is 32.9 Å². The molecule has 1 aliphatic rings. The highest BCUT2D eigenvalue weighted by Crippen LogP contribution is 2.28.